The number of carbonyl (C=O) groups excluding carboxylic acids is 1. The number of hydrogen-bond donors (Lipinski definition) is 3. The third kappa shape index (κ3) is 6.08. The second-order valence-corrected chi connectivity index (χ2v) is 8.07. The number of aromatic carboxylic acids is 1. The number of alkyl halides is 3. The molecule has 1 amide bonds. The highest BCUT2D eigenvalue weighted by atomic mass is 19.4. The summed E-state index contributed by atoms with van der Waals surface area (Å²) in [6.07, 6.45) is -4.58. The van der Waals surface area contributed by atoms with Gasteiger partial charge >= 0.3 is 12.1 Å². The molecule has 1 aromatic heterocycles. The van der Waals surface area contributed by atoms with Crippen molar-refractivity contribution in [2.75, 3.05) is 13.2 Å². The van der Waals surface area contributed by atoms with E-state index >= 15 is 0 Å². The minimum atomic E-state index is -4.84. The first-order valence-corrected chi connectivity index (χ1v) is 10.9. The van der Waals surface area contributed by atoms with Crippen molar-refractivity contribution in [2.45, 2.75) is 19.5 Å². The molecule has 2 aromatic carbocycles. The molecule has 196 valence electrons. The quantitative estimate of drug-likeness (QED) is 0.303. The number of aromatic nitrogens is 1. The maximum Gasteiger partial charge on any atom is 0.416 e. The number of amides is 1. The highest BCUT2D eigenvalue weighted by molar-refractivity contribution is 5.97. The summed E-state index contributed by atoms with van der Waals surface area (Å²) < 4.78 is 59.7. The lowest BCUT2D eigenvalue weighted by molar-refractivity contribution is -0.137. The molecule has 0 saturated heterocycles. The number of carbonyl (C=O) groups is 2. The summed E-state index contributed by atoms with van der Waals surface area (Å²) in [5, 5.41) is 21.8. The van der Waals surface area contributed by atoms with Gasteiger partial charge in [0.05, 0.1) is 29.0 Å². The predicted octanol–water partition coefficient (Wildman–Crippen LogP) is 4.12. The summed E-state index contributed by atoms with van der Waals surface area (Å²) in [6, 6.07) is 7.27. The topological polar surface area (TPSA) is 118 Å². The fourth-order valence-corrected chi connectivity index (χ4v) is 3.59. The Morgan fingerprint density at radius 1 is 1.11 bits per heavy atom. The van der Waals surface area contributed by atoms with Gasteiger partial charge in [0, 0.05) is 24.7 Å². The number of hydrogen-bond acceptors (Lipinski definition) is 5. The van der Waals surface area contributed by atoms with E-state index in [1.54, 1.807) is 13.0 Å². The second kappa shape index (κ2) is 10.7. The standard InChI is InChI=1S/C25H22F4N2O6/c1-13-17(24(35)36)5-3-6-20(13)37-8-4-7-30-22(33)18-12-19(31(2)23(34)21(18)32)14-9-15(25(27,28)29)11-16(26)10-14/h3,5-6,9-12,32H,4,7-8H2,1-2H3,(H,30,33)(H,35,36). The largest absolute Gasteiger partial charge is 0.502 e. The highest BCUT2D eigenvalue weighted by Gasteiger charge is 2.32. The first-order chi connectivity index (χ1) is 17.3. The number of halogens is 4. The van der Waals surface area contributed by atoms with Gasteiger partial charge in [0.15, 0.2) is 5.75 Å². The van der Waals surface area contributed by atoms with Gasteiger partial charge in [-0.25, -0.2) is 9.18 Å². The number of carboxylic acids is 1. The molecule has 3 rings (SSSR count). The highest BCUT2D eigenvalue weighted by Crippen LogP contribution is 2.33. The lowest BCUT2D eigenvalue weighted by Crippen LogP contribution is -2.29. The number of nitrogens with one attached hydrogen (secondary N) is 1. The van der Waals surface area contributed by atoms with Crippen molar-refractivity contribution in [3.63, 3.8) is 0 Å². The predicted molar refractivity (Wildman–Crippen MR) is 124 cm³/mol. The number of benzene rings is 2. The van der Waals surface area contributed by atoms with Crippen molar-refractivity contribution >= 4 is 11.9 Å². The second-order valence-electron chi connectivity index (χ2n) is 8.07. The zero-order valence-electron chi connectivity index (χ0n) is 19.6. The average Bonchev–Trinajstić information content (AvgIpc) is 2.82. The van der Waals surface area contributed by atoms with E-state index in [4.69, 9.17) is 9.84 Å². The van der Waals surface area contributed by atoms with E-state index in [0.717, 1.165) is 23.7 Å². The lowest BCUT2D eigenvalue weighted by Gasteiger charge is -2.15. The molecule has 0 radical (unpaired) electrons. The maximum absolute atomic E-state index is 13.9. The Kier molecular flexibility index (Phi) is 7.90. The van der Waals surface area contributed by atoms with Gasteiger partial charge in [-0.05, 0) is 49.7 Å². The molecule has 0 aliphatic heterocycles. The Morgan fingerprint density at radius 3 is 2.46 bits per heavy atom. The Labute approximate surface area is 207 Å². The summed E-state index contributed by atoms with van der Waals surface area (Å²) in [5.74, 6) is -3.74. The van der Waals surface area contributed by atoms with E-state index in [1.807, 2.05) is 0 Å². The van der Waals surface area contributed by atoms with E-state index < -0.39 is 46.3 Å². The van der Waals surface area contributed by atoms with Crippen LogP contribution in [0.3, 0.4) is 0 Å². The van der Waals surface area contributed by atoms with Gasteiger partial charge in [-0.1, -0.05) is 6.07 Å². The summed E-state index contributed by atoms with van der Waals surface area (Å²) in [7, 11) is 1.16. The molecule has 0 atom stereocenters. The molecule has 0 fully saturated rings. The van der Waals surface area contributed by atoms with Gasteiger partial charge in [0.25, 0.3) is 11.5 Å². The molecular weight excluding hydrogens is 500 g/mol. The molecule has 3 N–H and O–H groups in total. The van der Waals surface area contributed by atoms with E-state index in [2.05, 4.69) is 5.32 Å². The van der Waals surface area contributed by atoms with Gasteiger partial charge in [0.2, 0.25) is 0 Å². The van der Waals surface area contributed by atoms with Crippen LogP contribution in [-0.2, 0) is 13.2 Å². The van der Waals surface area contributed by atoms with Crippen molar-refractivity contribution < 1.29 is 42.1 Å². The molecule has 0 aliphatic rings. The van der Waals surface area contributed by atoms with Crippen LogP contribution in [-0.4, -0.2) is 39.8 Å². The minimum Gasteiger partial charge on any atom is -0.502 e. The molecular formula is C25H22F4N2O6. The van der Waals surface area contributed by atoms with Gasteiger partial charge in [-0.2, -0.15) is 13.2 Å². The summed E-state index contributed by atoms with van der Waals surface area (Å²) in [4.78, 5) is 36.3. The minimum absolute atomic E-state index is 0.0265. The Hall–Kier alpha value is -4.35. The Bertz CT molecular complexity index is 1420. The van der Waals surface area contributed by atoms with Crippen LogP contribution in [0.5, 0.6) is 11.5 Å². The van der Waals surface area contributed by atoms with Crippen LogP contribution in [0.2, 0.25) is 0 Å². The zero-order chi connectivity index (χ0) is 27.5. The molecule has 12 heteroatoms. The van der Waals surface area contributed by atoms with Crippen LogP contribution in [0.1, 0.15) is 38.3 Å². The van der Waals surface area contributed by atoms with Crippen molar-refractivity contribution in [3.05, 3.63) is 80.9 Å². The molecule has 37 heavy (non-hydrogen) atoms. The van der Waals surface area contributed by atoms with Gasteiger partial charge in [-0.15, -0.1) is 0 Å². The Balaban J connectivity index is 1.75. The fraction of sp³-hybridized carbons (Fsp3) is 0.240. The normalized spacial score (nSPS) is 11.3. The van der Waals surface area contributed by atoms with Crippen LogP contribution >= 0.6 is 0 Å². The first-order valence-electron chi connectivity index (χ1n) is 10.9. The third-order valence-corrected chi connectivity index (χ3v) is 5.55. The van der Waals surface area contributed by atoms with Crippen molar-refractivity contribution in [1.29, 1.82) is 0 Å². The van der Waals surface area contributed by atoms with E-state index in [0.29, 0.717) is 23.4 Å². The average molecular weight is 522 g/mol. The van der Waals surface area contributed by atoms with Gasteiger partial charge < -0.3 is 24.8 Å². The zero-order valence-corrected chi connectivity index (χ0v) is 19.6. The number of rotatable bonds is 8. The molecule has 0 spiro atoms. The molecule has 1 heterocycles. The number of carboxylic acid groups (broad SMARTS) is 1. The summed E-state index contributed by atoms with van der Waals surface area (Å²) in [5.41, 5.74) is -2.84. The molecule has 0 unspecified atom stereocenters. The summed E-state index contributed by atoms with van der Waals surface area (Å²) >= 11 is 0. The lowest BCUT2D eigenvalue weighted by atomic mass is 10.0. The molecule has 8 nitrogen and oxygen atoms in total. The molecule has 0 bridgehead atoms. The first kappa shape index (κ1) is 27.2. The van der Waals surface area contributed by atoms with E-state index in [1.165, 1.54) is 12.1 Å². The van der Waals surface area contributed by atoms with Crippen molar-refractivity contribution in [3.8, 4) is 22.8 Å². The molecule has 0 saturated carbocycles. The van der Waals surface area contributed by atoms with Crippen LogP contribution in [0.15, 0.2) is 47.3 Å². The molecule has 3 aromatic rings. The van der Waals surface area contributed by atoms with Gasteiger partial charge in [0.1, 0.15) is 11.6 Å². The van der Waals surface area contributed by atoms with Crippen LogP contribution < -0.4 is 15.6 Å². The van der Waals surface area contributed by atoms with E-state index in [-0.39, 0.29) is 36.4 Å². The summed E-state index contributed by atoms with van der Waals surface area (Å²) in [6.45, 7) is 1.72. The molecule has 0 aliphatic carbocycles. The van der Waals surface area contributed by atoms with Crippen LogP contribution in [0.25, 0.3) is 11.3 Å². The SMILES string of the molecule is Cc1c(OCCCNC(=O)c2cc(-c3cc(F)cc(C(F)(F)F)c3)n(C)c(=O)c2O)cccc1C(=O)O. The van der Waals surface area contributed by atoms with E-state index in [9.17, 15) is 37.1 Å². The Morgan fingerprint density at radius 2 is 1.81 bits per heavy atom. The van der Waals surface area contributed by atoms with Crippen LogP contribution in [0.4, 0.5) is 17.6 Å². The number of nitrogens with zero attached hydrogens (tertiary/aromatic N) is 1. The smallest absolute Gasteiger partial charge is 0.416 e. The number of pyridine rings is 1. The van der Waals surface area contributed by atoms with Gasteiger partial charge in [-0.3, -0.25) is 9.59 Å². The third-order valence-electron chi connectivity index (χ3n) is 5.55. The fourth-order valence-electron chi connectivity index (χ4n) is 3.59. The van der Waals surface area contributed by atoms with Crippen molar-refractivity contribution in [1.82, 2.24) is 9.88 Å². The number of aromatic hydroxyl groups is 1. The monoisotopic (exact) mass is 522 g/mol. The number of ether oxygens (including phenoxy) is 1. The van der Waals surface area contributed by atoms with Crippen LogP contribution in [0, 0.1) is 12.7 Å². The van der Waals surface area contributed by atoms with Crippen molar-refractivity contribution in [2.24, 2.45) is 7.05 Å². The maximum atomic E-state index is 13.9.